The average Bonchev–Trinajstić information content (AvgIpc) is 3.16. The Labute approximate surface area is 127 Å². The van der Waals surface area contributed by atoms with E-state index in [1.807, 2.05) is 18.1 Å². The maximum atomic E-state index is 12.1. The van der Waals surface area contributed by atoms with Gasteiger partial charge in [-0.1, -0.05) is 12.1 Å². The molecule has 1 N–H and O–H groups in total. The Balaban J connectivity index is 1.53. The van der Waals surface area contributed by atoms with Gasteiger partial charge in [0.1, 0.15) is 0 Å². The Morgan fingerprint density at radius 3 is 3.05 bits per heavy atom. The summed E-state index contributed by atoms with van der Waals surface area (Å²) < 4.78 is 1.73. The van der Waals surface area contributed by atoms with Crippen LogP contribution in [0.4, 0.5) is 4.79 Å². The van der Waals surface area contributed by atoms with Crippen molar-refractivity contribution in [1.82, 2.24) is 20.0 Å². The molecule has 110 valence electrons. The molecule has 5 nitrogen and oxygen atoms in total. The number of amides is 2. The molecule has 0 saturated heterocycles. The number of aryl methyl sites for hydroxylation is 1. The smallest absolute Gasteiger partial charge is 0.317 e. The number of aromatic nitrogens is 2. The highest BCUT2D eigenvalue weighted by atomic mass is 32.1. The molecule has 2 aromatic heterocycles. The van der Waals surface area contributed by atoms with Gasteiger partial charge in [0.25, 0.3) is 0 Å². The van der Waals surface area contributed by atoms with Crippen molar-refractivity contribution in [3.63, 3.8) is 0 Å². The van der Waals surface area contributed by atoms with Gasteiger partial charge in [0, 0.05) is 43.3 Å². The van der Waals surface area contributed by atoms with Crippen LogP contribution in [0.5, 0.6) is 0 Å². The zero-order valence-corrected chi connectivity index (χ0v) is 12.8. The van der Waals surface area contributed by atoms with Crippen molar-refractivity contribution < 1.29 is 4.79 Å². The minimum absolute atomic E-state index is 0.0136. The number of rotatable bonds is 3. The van der Waals surface area contributed by atoms with E-state index >= 15 is 0 Å². The van der Waals surface area contributed by atoms with Gasteiger partial charge < -0.3 is 10.2 Å². The number of carbonyl (C=O) groups excluding carboxylic acids is 1. The van der Waals surface area contributed by atoms with Crippen LogP contribution in [0.25, 0.3) is 5.57 Å². The molecule has 1 aliphatic heterocycles. The fraction of sp³-hybridized carbons (Fsp3) is 0.333. The van der Waals surface area contributed by atoms with Crippen LogP contribution in [0.1, 0.15) is 16.9 Å². The monoisotopic (exact) mass is 302 g/mol. The highest BCUT2D eigenvalue weighted by Crippen LogP contribution is 2.25. The Morgan fingerprint density at radius 2 is 2.43 bits per heavy atom. The van der Waals surface area contributed by atoms with Crippen LogP contribution in [0.3, 0.4) is 0 Å². The van der Waals surface area contributed by atoms with Gasteiger partial charge in [-0.15, -0.1) is 11.3 Å². The van der Waals surface area contributed by atoms with Crippen LogP contribution in [0, 0.1) is 0 Å². The lowest BCUT2D eigenvalue weighted by atomic mass is 10.1. The molecule has 0 radical (unpaired) electrons. The zero-order valence-electron chi connectivity index (χ0n) is 12.0. The second kappa shape index (κ2) is 6.13. The number of carbonyl (C=O) groups is 1. The van der Waals surface area contributed by atoms with Gasteiger partial charge in [-0.05, 0) is 23.4 Å². The molecule has 2 amide bonds. The SMILES string of the molecule is Cn1cc(CNC(=O)N2CC=C(c3cccs3)CC2)cn1. The molecule has 0 unspecified atom stereocenters. The van der Waals surface area contributed by atoms with Gasteiger partial charge in [0.2, 0.25) is 0 Å². The van der Waals surface area contributed by atoms with Gasteiger partial charge >= 0.3 is 6.03 Å². The molecule has 0 atom stereocenters. The van der Waals surface area contributed by atoms with Crippen LogP contribution in [0.2, 0.25) is 0 Å². The third kappa shape index (κ3) is 3.33. The molecule has 0 spiro atoms. The molecule has 0 aliphatic carbocycles. The molecule has 21 heavy (non-hydrogen) atoms. The minimum Gasteiger partial charge on any atom is -0.334 e. The van der Waals surface area contributed by atoms with E-state index in [4.69, 9.17) is 0 Å². The van der Waals surface area contributed by atoms with Crippen LogP contribution >= 0.6 is 11.3 Å². The third-order valence-electron chi connectivity index (χ3n) is 3.54. The summed E-state index contributed by atoms with van der Waals surface area (Å²) in [6, 6.07) is 4.18. The first-order valence-electron chi connectivity index (χ1n) is 6.95. The van der Waals surface area contributed by atoms with Crippen molar-refractivity contribution in [3.8, 4) is 0 Å². The quantitative estimate of drug-likeness (QED) is 0.947. The standard InChI is InChI=1S/C15H18N4OS/c1-18-11-12(10-17-18)9-16-15(20)19-6-4-13(5-7-19)14-3-2-8-21-14/h2-4,8,10-11H,5-7,9H2,1H3,(H,16,20). The van der Waals surface area contributed by atoms with E-state index in [-0.39, 0.29) is 6.03 Å². The van der Waals surface area contributed by atoms with Gasteiger partial charge in [-0.3, -0.25) is 4.68 Å². The van der Waals surface area contributed by atoms with Crippen LogP contribution in [-0.2, 0) is 13.6 Å². The summed E-state index contributed by atoms with van der Waals surface area (Å²) in [6.45, 7) is 1.96. The van der Waals surface area contributed by atoms with Crippen LogP contribution in [-0.4, -0.2) is 33.8 Å². The second-order valence-corrected chi connectivity index (χ2v) is 6.03. The minimum atomic E-state index is -0.0136. The Kier molecular flexibility index (Phi) is 4.06. The predicted octanol–water partition coefficient (Wildman–Crippen LogP) is 2.48. The number of thiophene rings is 1. The Hall–Kier alpha value is -2.08. The maximum Gasteiger partial charge on any atom is 0.317 e. The van der Waals surface area contributed by atoms with Crippen LogP contribution < -0.4 is 5.32 Å². The lowest BCUT2D eigenvalue weighted by Gasteiger charge is -2.26. The number of hydrogen-bond acceptors (Lipinski definition) is 3. The summed E-state index contributed by atoms with van der Waals surface area (Å²) in [7, 11) is 1.87. The molecule has 0 bridgehead atoms. The van der Waals surface area contributed by atoms with E-state index in [0.717, 1.165) is 18.5 Å². The maximum absolute atomic E-state index is 12.1. The van der Waals surface area contributed by atoms with Crippen molar-refractivity contribution in [1.29, 1.82) is 0 Å². The van der Waals surface area contributed by atoms with Crippen molar-refractivity contribution in [2.45, 2.75) is 13.0 Å². The Bertz CT molecular complexity index is 644. The van der Waals surface area contributed by atoms with E-state index in [9.17, 15) is 4.79 Å². The van der Waals surface area contributed by atoms with Crippen molar-refractivity contribution in [2.24, 2.45) is 7.05 Å². The topological polar surface area (TPSA) is 50.2 Å². The summed E-state index contributed by atoms with van der Waals surface area (Å²) >= 11 is 1.75. The summed E-state index contributed by atoms with van der Waals surface area (Å²) in [5.41, 5.74) is 2.36. The first kappa shape index (κ1) is 13.9. The molecular formula is C15H18N4OS. The molecule has 0 aromatic carbocycles. The lowest BCUT2D eigenvalue weighted by molar-refractivity contribution is 0.202. The van der Waals surface area contributed by atoms with Gasteiger partial charge in [-0.25, -0.2) is 4.79 Å². The fourth-order valence-electron chi connectivity index (χ4n) is 2.39. The predicted molar refractivity (Wildman–Crippen MR) is 83.9 cm³/mol. The lowest BCUT2D eigenvalue weighted by Crippen LogP contribution is -2.41. The van der Waals surface area contributed by atoms with E-state index in [2.05, 4.69) is 34.0 Å². The van der Waals surface area contributed by atoms with E-state index in [1.54, 1.807) is 22.2 Å². The van der Waals surface area contributed by atoms with E-state index in [0.29, 0.717) is 13.1 Å². The summed E-state index contributed by atoms with van der Waals surface area (Å²) in [5, 5.41) is 9.11. The molecular weight excluding hydrogens is 284 g/mol. The highest BCUT2D eigenvalue weighted by Gasteiger charge is 2.18. The third-order valence-corrected chi connectivity index (χ3v) is 4.48. The second-order valence-electron chi connectivity index (χ2n) is 5.08. The number of nitrogens with one attached hydrogen (secondary N) is 1. The number of urea groups is 1. The first-order chi connectivity index (χ1) is 10.2. The van der Waals surface area contributed by atoms with Crippen molar-refractivity contribution in [2.75, 3.05) is 13.1 Å². The number of hydrogen-bond donors (Lipinski definition) is 1. The molecule has 1 aliphatic rings. The largest absolute Gasteiger partial charge is 0.334 e. The summed E-state index contributed by atoms with van der Waals surface area (Å²) in [4.78, 5) is 15.3. The van der Waals surface area contributed by atoms with Gasteiger partial charge in [0.15, 0.2) is 0 Å². The van der Waals surface area contributed by atoms with E-state index < -0.39 is 0 Å². The van der Waals surface area contributed by atoms with Crippen molar-refractivity contribution >= 4 is 22.9 Å². The summed E-state index contributed by atoms with van der Waals surface area (Å²) in [5.74, 6) is 0. The molecule has 3 rings (SSSR count). The van der Waals surface area contributed by atoms with Crippen molar-refractivity contribution in [3.05, 3.63) is 46.4 Å². The summed E-state index contributed by atoms with van der Waals surface area (Å²) in [6.07, 6.45) is 6.75. The Morgan fingerprint density at radius 1 is 1.52 bits per heavy atom. The molecule has 6 heteroatoms. The average molecular weight is 302 g/mol. The first-order valence-corrected chi connectivity index (χ1v) is 7.83. The van der Waals surface area contributed by atoms with Gasteiger partial charge in [-0.2, -0.15) is 5.10 Å². The molecule has 2 aromatic rings. The van der Waals surface area contributed by atoms with E-state index in [1.165, 1.54) is 10.5 Å². The molecule has 0 fully saturated rings. The van der Waals surface area contributed by atoms with Gasteiger partial charge in [0.05, 0.1) is 6.20 Å². The number of nitrogens with zero attached hydrogens (tertiary/aromatic N) is 3. The zero-order chi connectivity index (χ0) is 14.7. The molecule has 3 heterocycles. The highest BCUT2D eigenvalue weighted by molar-refractivity contribution is 7.11. The molecule has 0 saturated carbocycles. The fourth-order valence-corrected chi connectivity index (χ4v) is 3.19. The normalized spacial score (nSPS) is 14.9. The van der Waals surface area contributed by atoms with Crippen LogP contribution in [0.15, 0.2) is 36.0 Å².